The van der Waals surface area contributed by atoms with Gasteiger partial charge in [0, 0.05) is 12.2 Å². The van der Waals surface area contributed by atoms with E-state index in [4.69, 9.17) is 10.8 Å². The number of fused-ring (bicyclic) bond motifs is 1. The van der Waals surface area contributed by atoms with Gasteiger partial charge in [0.2, 0.25) is 5.95 Å². The number of nitrogens with two attached hydrogens (primary N) is 1. The molecule has 0 aliphatic carbocycles. The fourth-order valence-electron chi connectivity index (χ4n) is 2.19. The predicted molar refractivity (Wildman–Crippen MR) is 82.1 cm³/mol. The molecule has 0 fully saturated rings. The molecule has 1 aliphatic rings. The lowest BCUT2D eigenvalue weighted by atomic mass is 10.2. The maximum absolute atomic E-state index is 11.8. The first-order chi connectivity index (χ1) is 11.0. The summed E-state index contributed by atoms with van der Waals surface area (Å²) in [6.45, 7) is 0.849. The maximum atomic E-state index is 11.8. The number of H-pyrrole nitrogens is 1. The van der Waals surface area contributed by atoms with E-state index in [-0.39, 0.29) is 28.4 Å². The number of carboxylic acids is 1. The Bertz CT molecular complexity index is 919. The highest BCUT2D eigenvalue weighted by molar-refractivity contribution is 5.87. The van der Waals surface area contributed by atoms with Gasteiger partial charge >= 0.3 is 5.97 Å². The summed E-state index contributed by atoms with van der Waals surface area (Å²) in [7, 11) is 0. The number of hydrogen-bond donors (Lipinski definition) is 4. The minimum absolute atomic E-state index is 0.0165. The summed E-state index contributed by atoms with van der Waals surface area (Å²) < 4.78 is 0. The number of nitrogens with zero attached hydrogens (tertiary/aromatic N) is 3. The number of benzene rings is 1. The highest BCUT2D eigenvalue weighted by Gasteiger charge is 2.13. The quantitative estimate of drug-likeness (QED) is 0.556. The third kappa shape index (κ3) is 3.18. The van der Waals surface area contributed by atoms with Crippen LogP contribution in [0.4, 0.5) is 11.6 Å². The van der Waals surface area contributed by atoms with Crippen LogP contribution in [0.2, 0.25) is 0 Å². The molecule has 0 saturated carbocycles. The SMILES string of the molecule is Nc1nc2c(c(=O)[nH]1)=NC(CNc1ccc(C(=O)O)cc1)CN=2. The van der Waals surface area contributed by atoms with Crippen molar-refractivity contribution in [1.29, 1.82) is 0 Å². The molecule has 23 heavy (non-hydrogen) atoms. The monoisotopic (exact) mass is 314 g/mol. The molecule has 3 rings (SSSR count). The van der Waals surface area contributed by atoms with Crippen molar-refractivity contribution in [3.05, 3.63) is 51.0 Å². The average Bonchev–Trinajstić information content (AvgIpc) is 2.53. The summed E-state index contributed by atoms with van der Waals surface area (Å²) >= 11 is 0. The minimum atomic E-state index is -0.972. The van der Waals surface area contributed by atoms with Crippen molar-refractivity contribution in [2.75, 3.05) is 24.1 Å². The van der Waals surface area contributed by atoms with Gasteiger partial charge in [-0.15, -0.1) is 0 Å². The van der Waals surface area contributed by atoms with Crippen LogP contribution in [0.25, 0.3) is 0 Å². The van der Waals surface area contributed by atoms with E-state index in [0.717, 1.165) is 5.69 Å². The van der Waals surface area contributed by atoms with Crippen molar-refractivity contribution in [2.45, 2.75) is 6.04 Å². The summed E-state index contributed by atoms with van der Waals surface area (Å²) in [5.41, 5.74) is 6.29. The number of aromatic nitrogens is 2. The van der Waals surface area contributed by atoms with Gasteiger partial charge in [-0.1, -0.05) is 0 Å². The molecule has 1 atom stereocenters. The molecule has 0 amide bonds. The van der Waals surface area contributed by atoms with Crippen molar-refractivity contribution in [3.8, 4) is 0 Å². The number of carboxylic acid groups (broad SMARTS) is 1. The molecular weight excluding hydrogens is 300 g/mol. The van der Waals surface area contributed by atoms with Gasteiger partial charge in [0.05, 0.1) is 18.2 Å². The van der Waals surface area contributed by atoms with E-state index in [2.05, 4.69) is 25.3 Å². The second kappa shape index (κ2) is 5.87. The fraction of sp³-hybridized carbons (Fsp3) is 0.214. The molecule has 1 aliphatic heterocycles. The molecule has 0 radical (unpaired) electrons. The van der Waals surface area contributed by atoms with E-state index in [9.17, 15) is 9.59 Å². The van der Waals surface area contributed by atoms with Gasteiger partial charge in [-0.25, -0.2) is 4.79 Å². The van der Waals surface area contributed by atoms with Crippen molar-refractivity contribution in [2.24, 2.45) is 9.98 Å². The zero-order valence-corrected chi connectivity index (χ0v) is 12.0. The largest absolute Gasteiger partial charge is 0.478 e. The van der Waals surface area contributed by atoms with Crippen molar-refractivity contribution in [1.82, 2.24) is 9.97 Å². The Hall–Kier alpha value is -3.23. The maximum Gasteiger partial charge on any atom is 0.335 e. The third-order valence-electron chi connectivity index (χ3n) is 3.33. The fourth-order valence-corrected chi connectivity index (χ4v) is 2.19. The van der Waals surface area contributed by atoms with Crippen LogP contribution in [0.5, 0.6) is 0 Å². The lowest BCUT2D eigenvalue weighted by Gasteiger charge is -2.14. The number of aromatic carboxylic acids is 1. The van der Waals surface area contributed by atoms with Crippen LogP contribution in [0, 0.1) is 0 Å². The minimum Gasteiger partial charge on any atom is -0.478 e. The van der Waals surface area contributed by atoms with Crippen LogP contribution < -0.4 is 27.5 Å². The first-order valence-electron chi connectivity index (χ1n) is 6.88. The molecule has 9 nitrogen and oxygen atoms in total. The smallest absolute Gasteiger partial charge is 0.335 e. The molecule has 0 saturated heterocycles. The number of rotatable bonds is 4. The summed E-state index contributed by atoms with van der Waals surface area (Å²) in [4.78, 5) is 37.5. The van der Waals surface area contributed by atoms with Gasteiger partial charge in [0.15, 0.2) is 10.8 Å². The predicted octanol–water partition coefficient (Wildman–Crippen LogP) is -1.22. The number of aromatic amines is 1. The Kier molecular flexibility index (Phi) is 3.75. The lowest BCUT2D eigenvalue weighted by molar-refractivity contribution is 0.0697. The molecule has 2 heterocycles. The van der Waals surface area contributed by atoms with Crippen LogP contribution in [-0.4, -0.2) is 40.2 Å². The van der Waals surface area contributed by atoms with Gasteiger partial charge < -0.3 is 16.2 Å². The Morgan fingerprint density at radius 1 is 1.39 bits per heavy atom. The number of anilines is 2. The van der Waals surface area contributed by atoms with E-state index >= 15 is 0 Å². The van der Waals surface area contributed by atoms with Gasteiger partial charge in [-0.3, -0.25) is 19.8 Å². The second-order valence-corrected chi connectivity index (χ2v) is 5.01. The zero-order chi connectivity index (χ0) is 16.4. The van der Waals surface area contributed by atoms with E-state index in [1.165, 1.54) is 12.1 Å². The molecule has 1 unspecified atom stereocenters. The topological polar surface area (TPSA) is 146 Å². The molecular formula is C14H14N6O3. The molecule has 118 valence electrons. The lowest BCUT2D eigenvalue weighted by Crippen LogP contribution is -2.48. The van der Waals surface area contributed by atoms with E-state index in [1.54, 1.807) is 12.1 Å². The highest BCUT2D eigenvalue weighted by atomic mass is 16.4. The third-order valence-corrected chi connectivity index (χ3v) is 3.33. The number of nitrogen functional groups attached to an aromatic ring is 1. The van der Waals surface area contributed by atoms with Crippen LogP contribution in [-0.2, 0) is 0 Å². The van der Waals surface area contributed by atoms with Crippen LogP contribution >= 0.6 is 0 Å². The molecule has 0 spiro atoms. The molecule has 0 bridgehead atoms. The zero-order valence-electron chi connectivity index (χ0n) is 12.0. The van der Waals surface area contributed by atoms with Crippen molar-refractivity contribution < 1.29 is 9.90 Å². The summed E-state index contributed by atoms with van der Waals surface area (Å²) in [6.07, 6.45) is 0. The molecule has 9 heteroatoms. The van der Waals surface area contributed by atoms with E-state index in [1.807, 2.05) is 0 Å². The normalized spacial score (nSPS) is 15.9. The standard InChI is InChI=1S/C14H14N6O3/c15-14-19-11-10(12(21)20-14)18-9(6-17-11)5-16-8-3-1-7(2-4-8)13(22)23/h1-4,9,16H,5-6H2,(H,22,23)(H3,15,17,19,20,21). The summed E-state index contributed by atoms with van der Waals surface area (Å²) in [5, 5.41) is 12.2. The Morgan fingerprint density at radius 2 is 2.13 bits per heavy atom. The Labute approximate surface area is 129 Å². The van der Waals surface area contributed by atoms with Gasteiger partial charge in [0.25, 0.3) is 5.56 Å². The first-order valence-corrected chi connectivity index (χ1v) is 6.88. The summed E-state index contributed by atoms with van der Waals surface area (Å²) in [6, 6.07) is 6.16. The van der Waals surface area contributed by atoms with Crippen molar-refractivity contribution >= 4 is 17.6 Å². The molecule has 2 aromatic rings. The van der Waals surface area contributed by atoms with Crippen LogP contribution in [0.1, 0.15) is 10.4 Å². The Morgan fingerprint density at radius 3 is 2.83 bits per heavy atom. The number of nitrogens with one attached hydrogen (secondary N) is 2. The van der Waals surface area contributed by atoms with Gasteiger partial charge in [-0.05, 0) is 24.3 Å². The van der Waals surface area contributed by atoms with Gasteiger partial charge in [0.1, 0.15) is 0 Å². The molecule has 1 aromatic carbocycles. The first kappa shape index (κ1) is 14.7. The van der Waals surface area contributed by atoms with Crippen molar-refractivity contribution in [3.63, 3.8) is 0 Å². The van der Waals surface area contributed by atoms with E-state index in [0.29, 0.717) is 13.1 Å². The van der Waals surface area contributed by atoms with Crippen LogP contribution in [0.15, 0.2) is 39.0 Å². The van der Waals surface area contributed by atoms with Crippen LogP contribution in [0.3, 0.4) is 0 Å². The highest BCUT2D eigenvalue weighted by Crippen LogP contribution is 2.10. The molecule has 1 aromatic heterocycles. The Balaban J connectivity index is 1.73. The number of hydrogen-bond acceptors (Lipinski definition) is 7. The summed E-state index contributed by atoms with van der Waals surface area (Å²) in [5.74, 6) is -0.956. The van der Waals surface area contributed by atoms with E-state index < -0.39 is 11.5 Å². The molecule has 5 N–H and O–H groups in total. The van der Waals surface area contributed by atoms with Gasteiger partial charge in [-0.2, -0.15) is 4.98 Å². The average molecular weight is 314 g/mol. The number of carbonyl (C=O) groups is 1. The second-order valence-electron chi connectivity index (χ2n) is 5.01.